The van der Waals surface area contributed by atoms with Gasteiger partial charge in [0.15, 0.2) is 0 Å². The summed E-state index contributed by atoms with van der Waals surface area (Å²) in [5, 5.41) is 0.770. The van der Waals surface area contributed by atoms with E-state index in [9.17, 15) is 4.79 Å². The molecule has 1 atom stereocenters. The molecule has 2 aromatic rings. The Bertz CT molecular complexity index is 681. The van der Waals surface area contributed by atoms with Crippen LogP contribution in [0.5, 0.6) is 5.75 Å². The molecule has 6 heteroatoms. The number of rotatable bonds is 5. The smallest absolute Gasteiger partial charge is 0.258 e. The number of carbonyl (C=O) groups excluding carboxylic acids is 1. The molecule has 23 heavy (non-hydrogen) atoms. The Balaban J connectivity index is 1.88. The van der Waals surface area contributed by atoms with Crippen molar-refractivity contribution in [3.63, 3.8) is 0 Å². The number of morpholine rings is 1. The lowest BCUT2D eigenvalue weighted by Crippen LogP contribution is -2.49. The second-order valence-electron chi connectivity index (χ2n) is 5.52. The first-order chi connectivity index (χ1) is 11.2. The summed E-state index contributed by atoms with van der Waals surface area (Å²) in [7, 11) is 3.26. The van der Waals surface area contributed by atoms with Crippen LogP contribution >= 0.6 is 0 Å². The van der Waals surface area contributed by atoms with Gasteiger partial charge in [-0.2, -0.15) is 0 Å². The van der Waals surface area contributed by atoms with Crippen LogP contribution in [0.1, 0.15) is 16.8 Å². The molecule has 1 unspecified atom stereocenters. The van der Waals surface area contributed by atoms with Crippen molar-refractivity contribution in [3.05, 3.63) is 30.0 Å². The quantitative estimate of drug-likeness (QED) is 0.846. The molecule has 1 saturated heterocycles. The summed E-state index contributed by atoms with van der Waals surface area (Å²) in [6.07, 6.45) is 2.27. The van der Waals surface area contributed by atoms with Gasteiger partial charge >= 0.3 is 0 Å². The van der Waals surface area contributed by atoms with E-state index in [0.29, 0.717) is 43.3 Å². The molecule has 0 N–H and O–H groups in total. The Morgan fingerprint density at radius 2 is 2.26 bits per heavy atom. The minimum atomic E-state index is -0.0404. The molecule has 0 spiro atoms. The molecule has 3 rings (SSSR count). The molecule has 0 bridgehead atoms. The normalized spacial score (nSPS) is 18.3. The summed E-state index contributed by atoms with van der Waals surface area (Å²) < 4.78 is 21.4. The second kappa shape index (κ2) is 7.02. The minimum Gasteiger partial charge on any atom is -0.497 e. The standard InChI is InChI=1S/C17H21NO5/c1-20-7-5-12-10-22-8-6-18(12)17(19)15-11-23-16-4-3-13(21-2)9-14(15)16/h3-4,9,11-12H,5-8,10H2,1-2H3. The van der Waals surface area contributed by atoms with Crippen molar-refractivity contribution in [1.82, 2.24) is 4.90 Å². The molecule has 6 nitrogen and oxygen atoms in total. The van der Waals surface area contributed by atoms with Crippen LogP contribution in [-0.2, 0) is 9.47 Å². The van der Waals surface area contributed by atoms with E-state index in [0.717, 1.165) is 11.8 Å². The van der Waals surface area contributed by atoms with E-state index in [1.54, 1.807) is 14.2 Å². The number of fused-ring (bicyclic) bond motifs is 1. The fourth-order valence-corrected chi connectivity index (χ4v) is 2.87. The Kier molecular flexibility index (Phi) is 4.83. The predicted octanol–water partition coefficient (Wildman–Crippen LogP) is 2.32. The first kappa shape index (κ1) is 15.8. The molecule has 1 aliphatic rings. The van der Waals surface area contributed by atoms with Gasteiger partial charge in [-0.15, -0.1) is 0 Å². The van der Waals surface area contributed by atoms with Gasteiger partial charge in [-0.25, -0.2) is 0 Å². The molecule has 1 amide bonds. The first-order valence-electron chi connectivity index (χ1n) is 7.67. The van der Waals surface area contributed by atoms with Gasteiger partial charge in [-0.1, -0.05) is 0 Å². The summed E-state index contributed by atoms with van der Waals surface area (Å²) in [5.74, 6) is 0.660. The monoisotopic (exact) mass is 319 g/mol. The summed E-state index contributed by atoms with van der Waals surface area (Å²) >= 11 is 0. The van der Waals surface area contributed by atoms with Crippen LogP contribution in [0.3, 0.4) is 0 Å². The van der Waals surface area contributed by atoms with E-state index in [1.165, 1.54) is 6.26 Å². The highest BCUT2D eigenvalue weighted by Crippen LogP contribution is 2.27. The molecule has 0 aliphatic carbocycles. The highest BCUT2D eigenvalue weighted by Gasteiger charge is 2.29. The SMILES string of the molecule is COCCC1COCCN1C(=O)c1coc2ccc(OC)cc12. The third-order valence-corrected chi connectivity index (χ3v) is 4.15. The summed E-state index contributed by atoms with van der Waals surface area (Å²) in [4.78, 5) is 14.8. The Labute approximate surface area is 134 Å². The fourth-order valence-electron chi connectivity index (χ4n) is 2.87. The van der Waals surface area contributed by atoms with Crippen LogP contribution in [0.4, 0.5) is 0 Å². The molecule has 1 fully saturated rings. The predicted molar refractivity (Wildman–Crippen MR) is 84.9 cm³/mol. The maximum Gasteiger partial charge on any atom is 0.258 e. The molecule has 124 valence electrons. The van der Waals surface area contributed by atoms with Crippen LogP contribution in [0.15, 0.2) is 28.9 Å². The van der Waals surface area contributed by atoms with E-state index in [2.05, 4.69) is 0 Å². The van der Waals surface area contributed by atoms with Gasteiger partial charge in [0.05, 0.1) is 31.9 Å². The molecule has 1 aromatic heterocycles. The van der Waals surface area contributed by atoms with E-state index in [4.69, 9.17) is 18.6 Å². The van der Waals surface area contributed by atoms with Gasteiger partial charge in [-0.3, -0.25) is 4.79 Å². The molecular weight excluding hydrogens is 298 g/mol. The van der Waals surface area contributed by atoms with Crippen LogP contribution in [0.2, 0.25) is 0 Å². The number of hydrogen-bond acceptors (Lipinski definition) is 5. The number of amides is 1. The fraction of sp³-hybridized carbons (Fsp3) is 0.471. The number of nitrogens with zero attached hydrogens (tertiary/aromatic N) is 1. The van der Waals surface area contributed by atoms with Crippen LogP contribution in [-0.4, -0.2) is 57.4 Å². The highest BCUT2D eigenvalue weighted by atomic mass is 16.5. The number of ether oxygens (including phenoxy) is 3. The molecule has 1 aliphatic heterocycles. The van der Waals surface area contributed by atoms with Gasteiger partial charge < -0.3 is 23.5 Å². The second-order valence-corrected chi connectivity index (χ2v) is 5.52. The number of benzene rings is 1. The van der Waals surface area contributed by atoms with Crippen molar-refractivity contribution in [2.24, 2.45) is 0 Å². The topological polar surface area (TPSA) is 61.1 Å². The van der Waals surface area contributed by atoms with Gasteiger partial charge in [0.25, 0.3) is 5.91 Å². The van der Waals surface area contributed by atoms with Crippen molar-refractivity contribution in [3.8, 4) is 5.75 Å². The largest absolute Gasteiger partial charge is 0.497 e. The molecule has 1 aromatic carbocycles. The van der Waals surface area contributed by atoms with Crippen LogP contribution < -0.4 is 4.74 Å². The van der Waals surface area contributed by atoms with E-state index < -0.39 is 0 Å². The average molecular weight is 319 g/mol. The summed E-state index contributed by atoms with van der Waals surface area (Å²) in [6, 6.07) is 5.48. The van der Waals surface area contributed by atoms with Crippen molar-refractivity contribution in [2.45, 2.75) is 12.5 Å². The Morgan fingerprint density at radius 1 is 1.39 bits per heavy atom. The minimum absolute atomic E-state index is 0.0201. The summed E-state index contributed by atoms with van der Waals surface area (Å²) in [5.41, 5.74) is 1.24. The first-order valence-corrected chi connectivity index (χ1v) is 7.67. The zero-order chi connectivity index (χ0) is 16.2. The van der Waals surface area contributed by atoms with Crippen LogP contribution in [0.25, 0.3) is 11.0 Å². The average Bonchev–Trinajstić information content (AvgIpc) is 3.02. The summed E-state index contributed by atoms with van der Waals surface area (Å²) in [6.45, 7) is 2.25. The number of hydrogen-bond donors (Lipinski definition) is 0. The van der Waals surface area contributed by atoms with Crippen LogP contribution in [0, 0.1) is 0 Å². The zero-order valence-electron chi connectivity index (χ0n) is 13.4. The van der Waals surface area contributed by atoms with Gasteiger partial charge in [0.1, 0.15) is 17.6 Å². The molecule has 2 heterocycles. The third kappa shape index (κ3) is 3.18. The molecule has 0 radical (unpaired) electrons. The lowest BCUT2D eigenvalue weighted by atomic mass is 10.1. The third-order valence-electron chi connectivity index (χ3n) is 4.15. The number of methoxy groups -OCH3 is 2. The van der Waals surface area contributed by atoms with Crippen molar-refractivity contribution in [1.29, 1.82) is 0 Å². The Morgan fingerprint density at radius 3 is 3.04 bits per heavy atom. The van der Waals surface area contributed by atoms with Gasteiger partial charge in [0, 0.05) is 25.6 Å². The van der Waals surface area contributed by atoms with Crippen molar-refractivity contribution >= 4 is 16.9 Å². The molecular formula is C17H21NO5. The van der Waals surface area contributed by atoms with E-state index in [-0.39, 0.29) is 11.9 Å². The maximum absolute atomic E-state index is 13.0. The zero-order valence-corrected chi connectivity index (χ0v) is 13.4. The van der Waals surface area contributed by atoms with E-state index >= 15 is 0 Å². The van der Waals surface area contributed by atoms with E-state index in [1.807, 2.05) is 23.1 Å². The van der Waals surface area contributed by atoms with Crippen molar-refractivity contribution < 1.29 is 23.4 Å². The number of carbonyl (C=O) groups is 1. The number of furan rings is 1. The lowest BCUT2D eigenvalue weighted by molar-refractivity contribution is -0.0103. The van der Waals surface area contributed by atoms with Gasteiger partial charge in [-0.05, 0) is 24.6 Å². The lowest BCUT2D eigenvalue weighted by Gasteiger charge is -2.35. The Hall–Kier alpha value is -2.05. The highest BCUT2D eigenvalue weighted by molar-refractivity contribution is 6.06. The van der Waals surface area contributed by atoms with Gasteiger partial charge in [0.2, 0.25) is 0 Å². The molecule has 0 saturated carbocycles. The maximum atomic E-state index is 13.0. The van der Waals surface area contributed by atoms with Crippen molar-refractivity contribution in [2.75, 3.05) is 40.6 Å².